The van der Waals surface area contributed by atoms with Gasteiger partial charge in [-0.3, -0.25) is 9.36 Å². The van der Waals surface area contributed by atoms with Gasteiger partial charge in [0.05, 0.1) is 11.9 Å². The van der Waals surface area contributed by atoms with Crippen LogP contribution in [0.3, 0.4) is 0 Å². The molecule has 0 aliphatic heterocycles. The summed E-state index contributed by atoms with van der Waals surface area (Å²) >= 11 is 6.04. The second-order valence-corrected chi connectivity index (χ2v) is 6.28. The Balaban J connectivity index is 1.91. The molecule has 0 fully saturated rings. The first-order chi connectivity index (χ1) is 12.7. The summed E-state index contributed by atoms with van der Waals surface area (Å²) in [6.07, 6.45) is 1.74. The molecule has 0 amide bonds. The molecule has 3 aromatic carbocycles. The van der Waals surface area contributed by atoms with Gasteiger partial charge in [0.2, 0.25) is 5.78 Å². The molecule has 1 aromatic heterocycles. The maximum Gasteiger partial charge on any atom is 0.228 e. The summed E-state index contributed by atoms with van der Waals surface area (Å²) in [5, 5.41) is 0.645. The Labute approximate surface area is 156 Å². The zero-order chi connectivity index (χ0) is 17.9. The van der Waals surface area contributed by atoms with Crippen molar-refractivity contribution in [2.45, 2.75) is 0 Å². The molecule has 4 aromatic rings. The van der Waals surface area contributed by atoms with Crippen LogP contribution in [0.15, 0.2) is 91.1 Å². The van der Waals surface area contributed by atoms with Crippen molar-refractivity contribution < 1.29 is 4.79 Å². The van der Waals surface area contributed by atoms with Crippen LogP contribution >= 0.6 is 11.6 Å². The Kier molecular flexibility index (Phi) is 4.38. The number of carbonyl (C=O) groups excluding carboxylic acids is 1. The number of hydrogen-bond donors (Lipinski definition) is 0. The average molecular weight is 359 g/mol. The minimum atomic E-state index is -0.122. The highest BCUT2D eigenvalue weighted by atomic mass is 35.5. The van der Waals surface area contributed by atoms with Gasteiger partial charge >= 0.3 is 0 Å². The fraction of sp³-hybridized carbons (Fsp3) is 0. The van der Waals surface area contributed by atoms with Gasteiger partial charge in [0.15, 0.2) is 5.82 Å². The quantitative estimate of drug-likeness (QED) is 0.456. The molecule has 0 atom stereocenters. The number of ketones is 1. The molecule has 0 saturated carbocycles. The van der Waals surface area contributed by atoms with Crippen molar-refractivity contribution in [2.24, 2.45) is 0 Å². The summed E-state index contributed by atoms with van der Waals surface area (Å²) in [5.74, 6) is 0.250. The van der Waals surface area contributed by atoms with Crippen molar-refractivity contribution in [3.8, 4) is 16.9 Å². The molecule has 0 bridgehead atoms. The molecule has 4 heteroatoms. The van der Waals surface area contributed by atoms with E-state index in [1.807, 2.05) is 77.4 Å². The van der Waals surface area contributed by atoms with Gasteiger partial charge in [0.25, 0.3) is 0 Å². The Bertz CT molecular complexity index is 1040. The van der Waals surface area contributed by atoms with E-state index in [1.54, 1.807) is 18.3 Å². The molecule has 3 nitrogen and oxygen atoms in total. The number of nitrogens with zero attached hydrogens (tertiary/aromatic N) is 2. The van der Waals surface area contributed by atoms with Gasteiger partial charge in [-0.25, -0.2) is 4.98 Å². The molecule has 0 aliphatic carbocycles. The lowest BCUT2D eigenvalue weighted by Crippen LogP contribution is -2.11. The summed E-state index contributed by atoms with van der Waals surface area (Å²) in [5.41, 5.74) is 3.28. The van der Waals surface area contributed by atoms with Gasteiger partial charge in [-0.2, -0.15) is 0 Å². The first kappa shape index (κ1) is 16.3. The van der Waals surface area contributed by atoms with Crippen molar-refractivity contribution in [3.05, 3.63) is 108 Å². The van der Waals surface area contributed by atoms with E-state index in [9.17, 15) is 4.79 Å². The molecular formula is C22H15ClN2O. The number of hydrogen-bond acceptors (Lipinski definition) is 2. The number of aromatic nitrogens is 2. The van der Waals surface area contributed by atoms with Gasteiger partial charge in [-0.05, 0) is 24.3 Å². The molecule has 0 aliphatic rings. The lowest BCUT2D eigenvalue weighted by molar-refractivity contribution is 0.102. The Morgan fingerprint density at radius 1 is 0.808 bits per heavy atom. The molecule has 126 valence electrons. The third-order valence-corrected chi connectivity index (χ3v) is 4.41. The van der Waals surface area contributed by atoms with E-state index in [2.05, 4.69) is 4.98 Å². The molecule has 0 radical (unpaired) electrons. The predicted octanol–water partition coefficient (Wildman–Crippen LogP) is 5.42. The van der Waals surface area contributed by atoms with Crippen LogP contribution in [-0.4, -0.2) is 15.3 Å². The number of rotatable bonds is 4. The van der Waals surface area contributed by atoms with Crippen molar-refractivity contribution in [3.63, 3.8) is 0 Å². The van der Waals surface area contributed by atoms with E-state index in [-0.39, 0.29) is 5.78 Å². The lowest BCUT2D eigenvalue weighted by atomic mass is 10.1. The van der Waals surface area contributed by atoms with Crippen LogP contribution in [0.5, 0.6) is 0 Å². The van der Waals surface area contributed by atoms with Crippen LogP contribution in [-0.2, 0) is 0 Å². The maximum atomic E-state index is 13.0. The minimum Gasteiger partial charge on any atom is -0.290 e. The third kappa shape index (κ3) is 3.05. The normalized spacial score (nSPS) is 10.7. The van der Waals surface area contributed by atoms with E-state index in [1.165, 1.54) is 0 Å². The van der Waals surface area contributed by atoms with Gasteiger partial charge in [-0.1, -0.05) is 72.3 Å². The fourth-order valence-electron chi connectivity index (χ4n) is 2.89. The number of benzene rings is 3. The highest BCUT2D eigenvalue weighted by Gasteiger charge is 2.20. The molecule has 1 heterocycles. The van der Waals surface area contributed by atoms with Crippen LogP contribution in [0.4, 0.5) is 0 Å². The Morgan fingerprint density at radius 3 is 2.08 bits per heavy atom. The standard InChI is InChI=1S/C22H15ClN2O/c23-18-11-13-19(14-12-18)25-20(16-7-3-1-4-8-16)15-24-22(25)21(26)17-9-5-2-6-10-17/h1-15H. The predicted molar refractivity (Wildman–Crippen MR) is 104 cm³/mol. The Hall–Kier alpha value is -3.17. The second kappa shape index (κ2) is 6.98. The van der Waals surface area contributed by atoms with E-state index in [0.717, 1.165) is 16.9 Å². The zero-order valence-corrected chi connectivity index (χ0v) is 14.6. The first-order valence-electron chi connectivity index (χ1n) is 8.23. The van der Waals surface area contributed by atoms with Crippen LogP contribution in [0, 0.1) is 0 Å². The number of imidazole rings is 1. The molecule has 0 unspecified atom stereocenters. The van der Waals surface area contributed by atoms with Crippen molar-refractivity contribution >= 4 is 17.4 Å². The fourth-order valence-corrected chi connectivity index (χ4v) is 3.02. The minimum absolute atomic E-state index is 0.122. The zero-order valence-electron chi connectivity index (χ0n) is 13.8. The summed E-state index contributed by atoms with van der Waals surface area (Å²) in [6, 6.07) is 26.5. The highest BCUT2D eigenvalue weighted by molar-refractivity contribution is 6.30. The van der Waals surface area contributed by atoms with Gasteiger partial charge in [0, 0.05) is 21.8 Å². The van der Waals surface area contributed by atoms with Crippen molar-refractivity contribution in [2.75, 3.05) is 0 Å². The molecule has 0 N–H and O–H groups in total. The SMILES string of the molecule is O=C(c1ccccc1)c1ncc(-c2ccccc2)n1-c1ccc(Cl)cc1. The lowest BCUT2D eigenvalue weighted by Gasteiger charge is -2.12. The van der Waals surface area contributed by atoms with Crippen LogP contribution in [0.2, 0.25) is 5.02 Å². The van der Waals surface area contributed by atoms with Crippen molar-refractivity contribution in [1.29, 1.82) is 0 Å². The largest absolute Gasteiger partial charge is 0.290 e. The third-order valence-electron chi connectivity index (χ3n) is 4.16. The van der Waals surface area contributed by atoms with E-state index < -0.39 is 0 Å². The van der Waals surface area contributed by atoms with Crippen molar-refractivity contribution in [1.82, 2.24) is 9.55 Å². The van der Waals surface area contributed by atoms with Crippen LogP contribution < -0.4 is 0 Å². The monoisotopic (exact) mass is 358 g/mol. The number of halogens is 1. The summed E-state index contributed by atoms with van der Waals surface area (Å²) in [6.45, 7) is 0. The maximum absolute atomic E-state index is 13.0. The molecule has 0 saturated heterocycles. The average Bonchev–Trinajstić information content (AvgIpc) is 3.14. The second-order valence-electron chi connectivity index (χ2n) is 5.84. The number of carbonyl (C=O) groups is 1. The highest BCUT2D eigenvalue weighted by Crippen LogP contribution is 2.27. The van der Waals surface area contributed by atoms with E-state index in [4.69, 9.17) is 11.6 Å². The Morgan fingerprint density at radius 2 is 1.42 bits per heavy atom. The van der Waals surface area contributed by atoms with Crippen LogP contribution in [0.1, 0.15) is 16.2 Å². The van der Waals surface area contributed by atoms with Gasteiger partial charge in [-0.15, -0.1) is 0 Å². The van der Waals surface area contributed by atoms with Crippen LogP contribution in [0.25, 0.3) is 16.9 Å². The summed E-state index contributed by atoms with van der Waals surface area (Å²) in [4.78, 5) is 17.5. The van der Waals surface area contributed by atoms with E-state index in [0.29, 0.717) is 16.4 Å². The van der Waals surface area contributed by atoms with E-state index >= 15 is 0 Å². The van der Waals surface area contributed by atoms with Gasteiger partial charge in [0.1, 0.15) is 0 Å². The summed E-state index contributed by atoms with van der Waals surface area (Å²) in [7, 11) is 0. The summed E-state index contributed by atoms with van der Waals surface area (Å²) < 4.78 is 1.88. The molecular weight excluding hydrogens is 344 g/mol. The molecule has 4 rings (SSSR count). The van der Waals surface area contributed by atoms with Gasteiger partial charge < -0.3 is 0 Å². The smallest absolute Gasteiger partial charge is 0.228 e. The molecule has 26 heavy (non-hydrogen) atoms. The topological polar surface area (TPSA) is 34.9 Å². The first-order valence-corrected chi connectivity index (χ1v) is 8.61. The molecule has 0 spiro atoms.